The van der Waals surface area contributed by atoms with Gasteiger partial charge >= 0.3 is 0 Å². The van der Waals surface area contributed by atoms with Crippen molar-refractivity contribution in [2.45, 2.75) is 64.2 Å². The summed E-state index contributed by atoms with van der Waals surface area (Å²) >= 11 is 0. The average molecular weight is 586 g/mol. The van der Waals surface area contributed by atoms with E-state index in [-0.39, 0.29) is 5.41 Å². The molecule has 0 atom stereocenters. The molecular weight excluding hydrogens is 542 g/mol. The van der Waals surface area contributed by atoms with Gasteiger partial charge < -0.3 is 4.90 Å². The van der Waals surface area contributed by atoms with Crippen molar-refractivity contribution in [1.82, 2.24) is 0 Å². The van der Waals surface area contributed by atoms with Crippen LogP contribution in [0.25, 0.3) is 33.0 Å². The molecule has 0 spiro atoms. The topological polar surface area (TPSA) is 3.24 Å². The van der Waals surface area contributed by atoms with Crippen LogP contribution in [0.15, 0.2) is 140 Å². The summed E-state index contributed by atoms with van der Waals surface area (Å²) in [6.07, 6.45) is 6.59. The van der Waals surface area contributed by atoms with Crippen LogP contribution in [0.5, 0.6) is 0 Å². The van der Waals surface area contributed by atoms with Gasteiger partial charge in [-0.3, -0.25) is 0 Å². The van der Waals surface area contributed by atoms with E-state index in [0.29, 0.717) is 5.92 Å². The van der Waals surface area contributed by atoms with Crippen LogP contribution in [0.4, 0.5) is 17.1 Å². The molecule has 0 heterocycles. The van der Waals surface area contributed by atoms with E-state index < -0.39 is 0 Å². The quantitative estimate of drug-likeness (QED) is 0.188. The number of anilines is 3. The molecular formula is C44H43N. The Morgan fingerprint density at radius 2 is 1.09 bits per heavy atom. The lowest BCUT2D eigenvalue weighted by Gasteiger charge is -2.30. The average Bonchev–Trinajstić information content (AvgIpc) is 3.09. The molecule has 0 bridgehead atoms. The maximum absolute atomic E-state index is 2.46. The lowest BCUT2D eigenvalue weighted by atomic mass is 9.80. The lowest BCUT2D eigenvalue weighted by molar-refractivity contribution is 0.445. The number of nitrogens with zero attached hydrogens (tertiary/aromatic N) is 1. The van der Waals surface area contributed by atoms with Crippen molar-refractivity contribution in [3.63, 3.8) is 0 Å². The Morgan fingerprint density at radius 3 is 1.78 bits per heavy atom. The van der Waals surface area contributed by atoms with Gasteiger partial charge in [-0.2, -0.15) is 0 Å². The Kier molecular flexibility index (Phi) is 8.03. The van der Waals surface area contributed by atoms with E-state index in [2.05, 4.69) is 165 Å². The Morgan fingerprint density at radius 1 is 0.511 bits per heavy atom. The molecule has 6 aromatic carbocycles. The summed E-state index contributed by atoms with van der Waals surface area (Å²) in [6, 6.07) is 51.7. The minimum atomic E-state index is 0.113. The standard InChI is InChI=1S/C44H43N/c1-44(2,3)35-30-28-33(29-31-35)37-22-10-12-26-41(37)45(36-20-8-5-9-21-36)42-27-13-11-23-39(42)40-25-15-19-34-18-14-24-38(43(34)40)32-16-6-4-7-17-32/h5,8-15,18-32H,4,6-7,16-17H2,1-3H3. The minimum absolute atomic E-state index is 0.113. The van der Waals surface area contributed by atoms with Crippen LogP contribution in [0.2, 0.25) is 0 Å². The fraction of sp³-hybridized carbons (Fsp3) is 0.227. The van der Waals surface area contributed by atoms with Crippen LogP contribution in [-0.4, -0.2) is 0 Å². The molecule has 0 amide bonds. The van der Waals surface area contributed by atoms with Crippen LogP contribution in [0, 0.1) is 0 Å². The molecule has 0 aromatic heterocycles. The minimum Gasteiger partial charge on any atom is -0.309 e. The molecule has 0 aliphatic heterocycles. The van der Waals surface area contributed by atoms with Crippen molar-refractivity contribution >= 4 is 27.8 Å². The molecule has 6 aromatic rings. The summed E-state index contributed by atoms with van der Waals surface area (Å²) in [4.78, 5) is 2.46. The number of fused-ring (bicyclic) bond motifs is 1. The SMILES string of the molecule is CC(C)(C)c1ccc(-c2ccccc2N(c2ccccc2)c2ccccc2-c2cccc3cccc(C4CCCCC4)c23)cc1. The van der Waals surface area contributed by atoms with Gasteiger partial charge in [0.15, 0.2) is 0 Å². The summed E-state index contributed by atoms with van der Waals surface area (Å²) < 4.78 is 0. The third-order valence-corrected chi connectivity index (χ3v) is 9.64. The van der Waals surface area contributed by atoms with E-state index in [1.54, 1.807) is 0 Å². The lowest BCUT2D eigenvalue weighted by Crippen LogP contribution is -2.13. The first-order valence-corrected chi connectivity index (χ1v) is 16.7. The summed E-state index contributed by atoms with van der Waals surface area (Å²) in [5, 5.41) is 2.74. The molecule has 0 N–H and O–H groups in total. The molecule has 1 aliphatic rings. The Bertz CT molecular complexity index is 1900. The molecule has 0 saturated heterocycles. The molecule has 0 radical (unpaired) electrons. The zero-order valence-corrected chi connectivity index (χ0v) is 26.8. The second kappa shape index (κ2) is 12.4. The molecule has 0 unspecified atom stereocenters. The van der Waals surface area contributed by atoms with Crippen LogP contribution < -0.4 is 4.90 Å². The Balaban J connectivity index is 1.44. The number of hydrogen-bond acceptors (Lipinski definition) is 1. The highest BCUT2D eigenvalue weighted by atomic mass is 15.1. The normalized spacial score (nSPS) is 14.0. The van der Waals surface area contributed by atoms with E-state index in [1.807, 2.05) is 0 Å². The van der Waals surface area contributed by atoms with Crippen LogP contribution in [0.1, 0.15) is 69.9 Å². The first kappa shape index (κ1) is 29.1. The van der Waals surface area contributed by atoms with Gasteiger partial charge in [0.1, 0.15) is 0 Å². The number of rotatable bonds is 6. The highest BCUT2D eigenvalue weighted by Crippen LogP contribution is 2.47. The van der Waals surface area contributed by atoms with Gasteiger partial charge in [0.05, 0.1) is 11.4 Å². The maximum atomic E-state index is 2.46. The first-order chi connectivity index (χ1) is 22.0. The Labute approximate surface area is 269 Å². The Hall–Kier alpha value is -4.62. The molecule has 45 heavy (non-hydrogen) atoms. The van der Waals surface area contributed by atoms with Gasteiger partial charge in [-0.05, 0) is 81.5 Å². The maximum Gasteiger partial charge on any atom is 0.0540 e. The zero-order chi connectivity index (χ0) is 30.8. The van der Waals surface area contributed by atoms with Gasteiger partial charge in [-0.15, -0.1) is 0 Å². The molecule has 1 aliphatic carbocycles. The van der Waals surface area contributed by atoms with Crippen molar-refractivity contribution in [1.29, 1.82) is 0 Å². The molecule has 7 rings (SSSR count). The van der Waals surface area contributed by atoms with Crippen LogP contribution in [0.3, 0.4) is 0 Å². The molecule has 1 heteroatoms. The molecule has 224 valence electrons. The predicted octanol–water partition coefficient (Wildman–Crippen LogP) is 13.0. The van der Waals surface area contributed by atoms with Crippen LogP contribution in [-0.2, 0) is 5.41 Å². The second-order valence-corrected chi connectivity index (χ2v) is 13.6. The van der Waals surface area contributed by atoms with Crippen LogP contribution >= 0.6 is 0 Å². The zero-order valence-electron chi connectivity index (χ0n) is 26.8. The van der Waals surface area contributed by atoms with E-state index >= 15 is 0 Å². The second-order valence-electron chi connectivity index (χ2n) is 13.6. The van der Waals surface area contributed by atoms with E-state index in [1.165, 1.54) is 87.6 Å². The monoisotopic (exact) mass is 585 g/mol. The summed E-state index contributed by atoms with van der Waals surface area (Å²) in [7, 11) is 0. The summed E-state index contributed by atoms with van der Waals surface area (Å²) in [5.41, 5.74) is 11.5. The van der Waals surface area contributed by atoms with Crippen molar-refractivity contribution in [3.05, 3.63) is 151 Å². The number of hydrogen-bond donors (Lipinski definition) is 0. The smallest absolute Gasteiger partial charge is 0.0540 e. The fourth-order valence-electron chi connectivity index (χ4n) is 7.29. The van der Waals surface area contributed by atoms with Gasteiger partial charge in [-0.1, -0.05) is 155 Å². The molecule has 1 fully saturated rings. The van der Waals surface area contributed by atoms with Crippen molar-refractivity contribution in [3.8, 4) is 22.3 Å². The van der Waals surface area contributed by atoms with Gasteiger partial charge in [0.2, 0.25) is 0 Å². The van der Waals surface area contributed by atoms with Crippen molar-refractivity contribution in [2.24, 2.45) is 0 Å². The third-order valence-electron chi connectivity index (χ3n) is 9.64. The van der Waals surface area contributed by atoms with Gasteiger partial charge in [-0.25, -0.2) is 0 Å². The van der Waals surface area contributed by atoms with E-state index in [4.69, 9.17) is 0 Å². The van der Waals surface area contributed by atoms with Crippen molar-refractivity contribution in [2.75, 3.05) is 4.90 Å². The van der Waals surface area contributed by atoms with E-state index in [0.717, 1.165) is 5.69 Å². The first-order valence-electron chi connectivity index (χ1n) is 16.7. The predicted molar refractivity (Wildman–Crippen MR) is 194 cm³/mol. The number of para-hydroxylation sites is 3. The van der Waals surface area contributed by atoms with Crippen molar-refractivity contribution < 1.29 is 0 Å². The largest absolute Gasteiger partial charge is 0.309 e. The van der Waals surface area contributed by atoms with Gasteiger partial charge in [0, 0.05) is 16.8 Å². The van der Waals surface area contributed by atoms with Gasteiger partial charge in [0.25, 0.3) is 0 Å². The molecule has 1 nitrogen and oxygen atoms in total. The number of benzene rings is 6. The fourth-order valence-corrected chi connectivity index (χ4v) is 7.29. The van der Waals surface area contributed by atoms with E-state index in [9.17, 15) is 0 Å². The summed E-state index contributed by atoms with van der Waals surface area (Å²) in [5.74, 6) is 0.623. The summed E-state index contributed by atoms with van der Waals surface area (Å²) in [6.45, 7) is 6.82. The highest BCUT2D eigenvalue weighted by Gasteiger charge is 2.24. The highest BCUT2D eigenvalue weighted by molar-refractivity contribution is 6.04. The molecule has 1 saturated carbocycles. The third kappa shape index (κ3) is 5.80.